The molecule has 1 amide bonds. The van der Waals surface area contributed by atoms with Crippen molar-refractivity contribution in [3.8, 4) is 5.75 Å². The lowest BCUT2D eigenvalue weighted by Crippen LogP contribution is -2.06. The average Bonchev–Trinajstić information content (AvgIpc) is 2.45. The third-order valence-electron chi connectivity index (χ3n) is 2.97. The number of nitrogens with zero attached hydrogens (tertiary/aromatic N) is 1. The lowest BCUT2D eigenvalue weighted by atomic mass is 10.1. The Bertz CT molecular complexity index is 333. The minimum absolute atomic E-state index is 0.363. The van der Waals surface area contributed by atoms with Gasteiger partial charge in [0.25, 0.3) is 0 Å². The van der Waals surface area contributed by atoms with Gasteiger partial charge in [-0.25, -0.2) is 0 Å². The standard InChI is InChI=1S/C14H22O.C3H7NO/c1-2-3-4-5-6-7-8-13-9-11-14(15)12-10-13;1-4(2)3-5/h9-12,15H,2-8H2,1H3;3H,1-2H3. The van der Waals surface area contributed by atoms with Crippen molar-refractivity contribution in [1.82, 2.24) is 4.90 Å². The maximum Gasteiger partial charge on any atom is 0.209 e. The summed E-state index contributed by atoms with van der Waals surface area (Å²) in [5, 5.41) is 9.13. The number of carbonyl (C=O) groups is 1. The molecular weight excluding hydrogens is 250 g/mol. The van der Waals surface area contributed by atoms with Crippen molar-refractivity contribution in [2.75, 3.05) is 14.1 Å². The molecule has 0 atom stereocenters. The largest absolute Gasteiger partial charge is 0.508 e. The van der Waals surface area contributed by atoms with E-state index < -0.39 is 0 Å². The van der Waals surface area contributed by atoms with E-state index in [0.29, 0.717) is 5.75 Å². The van der Waals surface area contributed by atoms with Crippen LogP contribution in [0.5, 0.6) is 5.75 Å². The number of aromatic hydroxyl groups is 1. The van der Waals surface area contributed by atoms with E-state index in [9.17, 15) is 4.79 Å². The number of phenols is 1. The third-order valence-corrected chi connectivity index (χ3v) is 2.97. The van der Waals surface area contributed by atoms with Crippen molar-refractivity contribution in [3.05, 3.63) is 29.8 Å². The maximum atomic E-state index is 9.43. The zero-order valence-corrected chi connectivity index (χ0v) is 13.1. The fourth-order valence-electron chi connectivity index (χ4n) is 1.77. The molecule has 0 saturated heterocycles. The molecule has 1 aromatic carbocycles. The summed E-state index contributed by atoms with van der Waals surface area (Å²) in [4.78, 5) is 10.9. The minimum Gasteiger partial charge on any atom is -0.508 e. The van der Waals surface area contributed by atoms with Crippen molar-refractivity contribution in [3.63, 3.8) is 0 Å². The molecule has 3 heteroatoms. The normalized spacial score (nSPS) is 9.55. The van der Waals surface area contributed by atoms with E-state index in [-0.39, 0.29) is 0 Å². The van der Waals surface area contributed by atoms with Gasteiger partial charge in [0.05, 0.1) is 0 Å². The molecule has 0 heterocycles. The highest BCUT2D eigenvalue weighted by molar-refractivity contribution is 5.45. The van der Waals surface area contributed by atoms with Crippen LogP contribution in [0.1, 0.15) is 51.0 Å². The van der Waals surface area contributed by atoms with E-state index in [4.69, 9.17) is 5.11 Å². The molecule has 0 aliphatic heterocycles. The number of benzene rings is 1. The summed E-state index contributed by atoms with van der Waals surface area (Å²) in [6.07, 6.45) is 9.94. The van der Waals surface area contributed by atoms with Crippen LogP contribution in [-0.4, -0.2) is 30.5 Å². The van der Waals surface area contributed by atoms with Crippen molar-refractivity contribution in [2.45, 2.75) is 51.9 Å². The number of unbranched alkanes of at least 4 members (excludes halogenated alkanes) is 5. The van der Waals surface area contributed by atoms with Gasteiger partial charge in [0, 0.05) is 14.1 Å². The topological polar surface area (TPSA) is 40.5 Å². The number of rotatable bonds is 8. The molecule has 1 rings (SSSR count). The molecule has 114 valence electrons. The van der Waals surface area contributed by atoms with Crippen molar-refractivity contribution in [1.29, 1.82) is 0 Å². The van der Waals surface area contributed by atoms with E-state index in [0.717, 1.165) is 12.8 Å². The first-order valence-corrected chi connectivity index (χ1v) is 7.49. The smallest absolute Gasteiger partial charge is 0.209 e. The van der Waals surface area contributed by atoms with Gasteiger partial charge in [0.15, 0.2) is 0 Å². The van der Waals surface area contributed by atoms with Crippen LogP contribution in [0.2, 0.25) is 0 Å². The van der Waals surface area contributed by atoms with Crippen LogP contribution in [0.25, 0.3) is 0 Å². The van der Waals surface area contributed by atoms with E-state index >= 15 is 0 Å². The van der Waals surface area contributed by atoms with Gasteiger partial charge in [0.1, 0.15) is 5.75 Å². The van der Waals surface area contributed by atoms with Crippen LogP contribution in [0.4, 0.5) is 0 Å². The summed E-state index contributed by atoms with van der Waals surface area (Å²) >= 11 is 0. The van der Waals surface area contributed by atoms with Crippen LogP contribution in [0.3, 0.4) is 0 Å². The molecule has 0 unspecified atom stereocenters. The summed E-state index contributed by atoms with van der Waals surface area (Å²) in [5.41, 5.74) is 1.34. The zero-order chi connectivity index (χ0) is 15.2. The van der Waals surface area contributed by atoms with Gasteiger partial charge in [-0.05, 0) is 30.5 Å². The van der Waals surface area contributed by atoms with Gasteiger partial charge in [-0.1, -0.05) is 51.2 Å². The van der Waals surface area contributed by atoms with Gasteiger partial charge in [-0.3, -0.25) is 4.79 Å². The molecule has 3 nitrogen and oxygen atoms in total. The van der Waals surface area contributed by atoms with Gasteiger partial charge in [-0.2, -0.15) is 0 Å². The van der Waals surface area contributed by atoms with Crippen LogP contribution < -0.4 is 0 Å². The molecule has 0 spiro atoms. The Morgan fingerprint density at radius 3 is 2.00 bits per heavy atom. The fraction of sp³-hybridized carbons (Fsp3) is 0.588. The highest BCUT2D eigenvalue weighted by Gasteiger charge is 1.94. The Morgan fingerprint density at radius 2 is 1.50 bits per heavy atom. The van der Waals surface area contributed by atoms with Crippen molar-refractivity contribution >= 4 is 6.41 Å². The highest BCUT2D eigenvalue weighted by atomic mass is 16.3. The van der Waals surface area contributed by atoms with Crippen LogP contribution >= 0.6 is 0 Å². The Kier molecular flexibility index (Phi) is 11.6. The van der Waals surface area contributed by atoms with Crippen LogP contribution in [0.15, 0.2) is 24.3 Å². The van der Waals surface area contributed by atoms with Crippen molar-refractivity contribution in [2.24, 2.45) is 0 Å². The Labute approximate surface area is 123 Å². The van der Waals surface area contributed by atoms with Crippen LogP contribution in [-0.2, 0) is 11.2 Å². The van der Waals surface area contributed by atoms with Gasteiger partial charge in [0.2, 0.25) is 6.41 Å². The molecule has 0 bridgehead atoms. The van der Waals surface area contributed by atoms with E-state index in [1.54, 1.807) is 26.2 Å². The Hall–Kier alpha value is -1.51. The predicted molar refractivity (Wildman–Crippen MR) is 84.9 cm³/mol. The SMILES string of the molecule is CCCCCCCCc1ccc(O)cc1.CN(C)C=O. The maximum absolute atomic E-state index is 9.43. The number of phenolic OH excluding ortho intramolecular Hbond substituents is 1. The molecule has 0 radical (unpaired) electrons. The molecule has 0 aromatic heterocycles. The van der Waals surface area contributed by atoms with E-state index in [1.165, 1.54) is 49.0 Å². The summed E-state index contributed by atoms with van der Waals surface area (Å²) in [6.45, 7) is 2.25. The second-order valence-corrected chi connectivity index (χ2v) is 5.25. The first-order chi connectivity index (χ1) is 9.60. The quantitative estimate of drug-likeness (QED) is 0.577. The number of hydrogen-bond donors (Lipinski definition) is 1. The molecule has 1 aromatic rings. The lowest BCUT2D eigenvalue weighted by molar-refractivity contribution is -0.115. The zero-order valence-electron chi connectivity index (χ0n) is 13.1. The number of hydrogen-bond acceptors (Lipinski definition) is 2. The first-order valence-electron chi connectivity index (χ1n) is 7.49. The van der Waals surface area contributed by atoms with E-state index in [2.05, 4.69) is 6.92 Å². The second-order valence-electron chi connectivity index (χ2n) is 5.25. The first kappa shape index (κ1) is 18.5. The summed E-state index contributed by atoms with van der Waals surface area (Å²) in [5.74, 6) is 0.363. The lowest BCUT2D eigenvalue weighted by Gasteiger charge is -2.02. The number of aryl methyl sites for hydroxylation is 1. The average molecular weight is 279 g/mol. The monoisotopic (exact) mass is 279 g/mol. The Morgan fingerprint density at radius 1 is 1.00 bits per heavy atom. The highest BCUT2D eigenvalue weighted by Crippen LogP contribution is 2.13. The van der Waals surface area contributed by atoms with Crippen LogP contribution in [0, 0.1) is 0 Å². The molecule has 0 saturated carbocycles. The molecule has 0 fully saturated rings. The fourth-order valence-corrected chi connectivity index (χ4v) is 1.77. The summed E-state index contributed by atoms with van der Waals surface area (Å²) < 4.78 is 0. The van der Waals surface area contributed by atoms with Gasteiger partial charge >= 0.3 is 0 Å². The van der Waals surface area contributed by atoms with E-state index in [1.807, 2.05) is 12.1 Å². The summed E-state index contributed by atoms with van der Waals surface area (Å²) in [7, 11) is 3.38. The number of amides is 1. The van der Waals surface area contributed by atoms with Crippen molar-refractivity contribution < 1.29 is 9.90 Å². The predicted octanol–water partition coefficient (Wildman–Crippen LogP) is 4.00. The molecular formula is C17H29NO2. The molecule has 20 heavy (non-hydrogen) atoms. The third kappa shape index (κ3) is 11.6. The molecule has 0 aliphatic rings. The molecule has 1 N–H and O–H groups in total. The second kappa shape index (κ2) is 12.5. The van der Waals surface area contributed by atoms with Gasteiger partial charge < -0.3 is 10.0 Å². The number of carbonyl (C=O) groups excluding carboxylic acids is 1. The summed E-state index contributed by atoms with van der Waals surface area (Å²) in [6, 6.07) is 7.57. The molecule has 0 aliphatic carbocycles. The Balaban J connectivity index is 0.000000621. The van der Waals surface area contributed by atoms with Gasteiger partial charge in [-0.15, -0.1) is 0 Å². The minimum atomic E-state index is 0.363.